The monoisotopic (exact) mass is 490 g/mol. The standard InChI is InChI=1S/C19H42N.C9H13N.2ClH/c1-5-6-7-8-9-10-11-12-13-14-15-16-17-18-19-20(2,3)4;1-10(2)8-9-6-4-3-5-7-9;;/h5-19H2,1-4H3;3-7H,8H2,1-2H3;2*1H/q+1;;;/p-1. The van der Waals surface area contributed by atoms with E-state index >= 15 is 0 Å². The maximum Gasteiger partial charge on any atom is 0.102 e. The van der Waals surface area contributed by atoms with Crippen molar-refractivity contribution in [3.05, 3.63) is 35.9 Å². The SMILES string of the molecule is CCCCCCCCCCCCCCCC[N+](C)(C)C.C[NH+](C)Cc1ccccc1.[Cl-].[Cl-]. The summed E-state index contributed by atoms with van der Waals surface area (Å²) in [6.07, 6.45) is 20.4. The summed E-state index contributed by atoms with van der Waals surface area (Å²) >= 11 is 0. The Morgan fingerprint density at radius 1 is 0.594 bits per heavy atom. The van der Waals surface area contributed by atoms with Crippen LogP contribution in [0, 0.1) is 0 Å². The first-order valence-corrected chi connectivity index (χ1v) is 13.0. The van der Waals surface area contributed by atoms with Crippen molar-refractivity contribution in [2.45, 2.75) is 103 Å². The third-order valence-corrected chi connectivity index (χ3v) is 5.58. The number of hydrogen-bond donors (Lipinski definition) is 1. The number of nitrogens with zero attached hydrogens (tertiary/aromatic N) is 1. The number of hydrogen-bond acceptors (Lipinski definition) is 0. The number of quaternary nitrogens is 2. The molecule has 2 nitrogen and oxygen atoms in total. The highest BCUT2D eigenvalue weighted by Crippen LogP contribution is 2.13. The zero-order valence-corrected chi connectivity index (χ0v) is 23.9. The van der Waals surface area contributed by atoms with Crippen LogP contribution in [0.4, 0.5) is 0 Å². The lowest BCUT2D eigenvalue weighted by molar-refractivity contribution is -0.872. The van der Waals surface area contributed by atoms with Crippen LogP contribution in [0.2, 0.25) is 0 Å². The van der Waals surface area contributed by atoms with Crippen LogP contribution in [0.1, 0.15) is 102 Å². The van der Waals surface area contributed by atoms with E-state index in [1.165, 1.54) is 107 Å². The smallest absolute Gasteiger partial charge is 0.102 e. The molecule has 0 aliphatic rings. The van der Waals surface area contributed by atoms with Crippen LogP contribution in [0.15, 0.2) is 30.3 Å². The molecule has 0 heterocycles. The van der Waals surface area contributed by atoms with Crippen LogP contribution in [-0.2, 0) is 6.54 Å². The Bertz CT molecular complexity index is 458. The highest BCUT2D eigenvalue weighted by Gasteiger charge is 2.04. The van der Waals surface area contributed by atoms with Crippen molar-refractivity contribution >= 4 is 0 Å². The number of unbranched alkanes of at least 4 members (excludes halogenated alkanes) is 13. The Kier molecular flexibility index (Phi) is 28.7. The van der Waals surface area contributed by atoms with Gasteiger partial charge in [-0.3, -0.25) is 0 Å². The second-order valence-corrected chi connectivity index (χ2v) is 10.5. The van der Waals surface area contributed by atoms with Gasteiger partial charge in [0.25, 0.3) is 0 Å². The Hall–Kier alpha value is -0.280. The minimum absolute atomic E-state index is 0. The number of benzene rings is 1. The maximum atomic E-state index is 2.29. The molecule has 0 saturated heterocycles. The lowest BCUT2D eigenvalue weighted by Crippen LogP contribution is -3.04. The number of nitrogens with one attached hydrogen (secondary N) is 1. The first-order chi connectivity index (χ1) is 14.3. The molecule has 192 valence electrons. The molecule has 0 aromatic heterocycles. The molecule has 0 bridgehead atoms. The molecule has 0 spiro atoms. The van der Waals surface area contributed by atoms with Crippen LogP contribution in [0.25, 0.3) is 0 Å². The van der Waals surface area contributed by atoms with Crippen molar-refractivity contribution in [3.8, 4) is 0 Å². The Morgan fingerprint density at radius 2 is 0.969 bits per heavy atom. The van der Waals surface area contributed by atoms with Crippen LogP contribution in [0.5, 0.6) is 0 Å². The summed E-state index contributed by atoms with van der Waals surface area (Å²) in [7, 11) is 11.2. The Balaban J connectivity index is -0.000000591. The Labute approximate surface area is 215 Å². The number of rotatable bonds is 17. The van der Waals surface area contributed by atoms with Crippen molar-refractivity contribution in [1.29, 1.82) is 0 Å². The molecule has 1 N–H and O–H groups in total. The third kappa shape index (κ3) is 29.7. The average molecular weight is 492 g/mol. The van der Waals surface area contributed by atoms with Crippen molar-refractivity contribution in [3.63, 3.8) is 0 Å². The van der Waals surface area contributed by atoms with Gasteiger partial charge in [-0.05, 0) is 12.8 Å². The van der Waals surface area contributed by atoms with Gasteiger partial charge in [0.15, 0.2) is 0 Å². The van der Waals surface area contributed by atoms with Gasteiger partial charge in [0.05, 0.1) is 41.8 Å². The van der Waals surface area contributed by atoms with Crippen molar-refractivity contribution in [1.82, 2.24) is 0 Å². The van der Waals surface area contributed by atoms with E-state index in [9.17, 15) is 0 Å². The van der Waals surface area contributed by atoms with E-state index in [-0.39, 0.29) is 24.8 Å². The molecule has 0 atom stereocenters. The highest BCUT2D eigenvalue weighted by molar-refractivity contribution is 5.12. The zero-order chi connectivity index (χ0) is 22.5. The van der Waals surface area contributed by atoms with E-state index in [0.29, 0.717) is 0 Å². The third-order valence-electron chi connectivity index (χ3n) is 5.58. The first-order valence-electron chi connectivity index (χ1n) is 13.0. The minimum Gasteiger partial charge on any atom is -1.00 e. The van der Waals surface area contributed by atoms with E-state index in [1.807, 2.05) is 0 Å². The van der Waals surface area contributed by atoms with E-state index < -0.39 is 0 Å². The summed E-state index contributed by atoms with van der Waals surface area (Å²) in [4.78, 5) is 1.46. The van der Waals surface area contributed by atoms with Gasteiger partial charge < -0.3 is 34.2 Å². The van der Waals surface area contributed by atoms with Crippen molar-refractivity contribution in [2.24, 2.45) is 0 Å². The molecule has 4 heteroatoms. The van der Waals surface area contributed by atoms with E-state index in [4.69, 9.17) is 0 Å². The van der Waals surface area contributed by atoms with E-state index in [2.05, 4.69) is 72.5 Å². The first kappa shape index (κ1) is 36.3. The Morgan fingerprint density at radius 3 is 1.31 bits per heavy atom. The van der Waals surface area contributed by atoms with Crippen LogP contribution < -0.4 is 29.7 Å². The largest absolute Gasteiger partial charge is 1.00 e. The minimum atomic E-state index is 0. The maximum absolute atomic E-state index is 2.29. The number of halogens is 2. The molecule has 1 rings (SSSR count). The van der Waals surface area contributed by atoms with Crippen LogP contribution in [-0.4, -0.2) is 46.3 Å². The molecule has 0 aliphatic heterocycles. The quantitative estimate of drug-likeness (QED) is 0.239. The fourth-order valence-corrected chi connectivity index (χ4v) is 3.78. The van der Waals surface area contributed by atoms with Gasteiger partial charge in [-0.15, -0.1) is 0 Å². The van der Waals surface area contributed by atoms with Gasteiger partial charge in [-0.2, -0.15) is 0 Å². The van der Waals surface area contributed by atoms with Crippen molar-refractivity contribution < 1.29 is 34.2 Å². The molecule has 0 radical (unpaired) electrons. The van der Waals surface area contributed by atoms with Gasteiger partial charge in [-0.1, -0.05) is 114 Å². The predicted molar refractivity (Wildman–Crippen MR) is 136 cm³/mol. The molecule has 0 amide bonds. The molecule has 0 unspecified atom stereocenters. The lowest BCUT2D eigenvalue weighted by atomic mass is 10.0. The van der Waals surface area contributed by atoms with Gasteiger partial charge in [-0.25, -0.2) is 0 Å². The molecular weight excluding hydrogens is 435 g/mol. The van der Waals surface area contributed by atoms with Gasteiger partial charge in [0, 0.05) is 5.56 Å². The predicted octanol–water partition coefficient (Wildman–Crippen LogP) is 0.513. The summed E-state index contributed by atoms with van der Waals surface area (Å²) < 4.78 is 1.12. The molecule has 0 fully saturated rings. The zero-order valence-electron chi connectivity index (χ0n) is 22.4. The van der Waals surface area contributed by atoms with Gasteiger partial charge >= 0.3 is 0 Å². The summed E-state index contributed by atoms with van der Waals surface area (Å²) in [5, 5.41) is 0. The molecule has 0 aliphatic carbocycles. The lowest BCUT2D eigenvalue weighted by Gasteiger charge is -2.23. The highest BCUT2D eigenvalue weighted by atomic mass is 35.5. The summed E-state index contributed by atoms with van der Waals surface area (Å²) in [5.74, 6) is 0. The molecule has 0 saturated carbocycles. The van der Waals surface area contributed by atoms with Gasteiger partial charge in [0.2, 0.25) is 0 Å². The van der Waals surface area contributed by atoms with Crippen molar-refractivity contribution in [2.75, 3.05) is 41.8 Å². The fraction of sp³-hybridized carbons (Fsp3) is 0.786. The molecular formula is C28H56Cl2N2. The van der Waals surface area contributed by atoms with Gasteiger partial charge in [0.1, 0.15) is 6.54 Å². The second-order valence-electron chi connectivity index (χ2n) is 10.5. The summed E-state index contributed by atoms with van der Waals surface area (Å²) in [6.45, 7) is 4.74. The molecule has 1 aromatic rings. The topological polar surface area (TPSA) is 4.44 Å². The normalized spacial score (nSPS) is 10.7. The fourth-order valence-electron chi connectivity index (χ4n) is 3.78. The van der Waals surface area contributed by atoms with Crippen LogP contribution in [0.3, 0.4) is 0 Å². The summed E-state index contributed by atoms with van der Waals surface area (Å²) in [6, 6.07) is 10.5. The average Bonchev–Trinajstić information content (AvgIpc) is 2.68. The second kappa shape index (κ2) is 25.3. The van der Waals surface area contributed by atoms with E-state index in [1.54, 1.807) is 0 Å². The molecule has 1 aromatic carbocycles. The molecule has 32 heavy (non-hydrogen) atoms. The van der Waals surface area contributed by atoms with E-state index in [0.717, 1.165) is 11.0 Å². The summed E-state index contributed by atoms with van der Waals surface area (Å²) in [5.41, 5.74) is 1.41. The van der Waals surface area contributed by atoms with Crippen LogP contribution >= 0.6 is 0 Å².